The lowest BCUT2D eigenvalue weighted by atomic mass is 9.84. The molecule has 22 heavy (non-hydrogen) atoms. The van der Waals surface area contributed by atoms with Crippen LogP contribution in [0.1, 0.15) is 37.7 Å². The van der Waals surface area contributed by atoms with Crippen molar-refractivity contribution in [1.82, 2.24) is 0 Å². The molecule has 1 heterocycles. The van der Waals surface area contributed by atoms with Gasteiger partial charge in [0.25, 0.3) is 6.04 Å². The molecule has 1 aromatic rings. The first-order valence-corrected chi connectivity index (χ1v) is 7.94. The molecule has 0 N–H and O–H groups in total. The van der Waals surface area contributed by atoms with E-state index >= 15 is 0 Å². The maximum atomic E-state index is 11.5. The third-order valence-corrected chi connectivity index (χ3v) is 4.37. The predicted molar refractivity (Wildman–Crippen MR) is 83.5 cm³/mol. The minimum absolute atomic E-state index is 0.431. The topological polar surface area (TPSA) is 95.5 Å². The number of fused-ring (bicyclic) bond motifs is 1. The Bertz CT molecular complexity index is 580. The van der Waals surface area contributed by atoms with Gasteiger partial charge in [0.15, 0.2) is 6.10 Å². The fraction of sp³-hybridized carbons (Fsp3) is 0.571. The molecular formula is C14H17BrN2O5. The standard InChI is InChI=1S/C14H17BrN2O5/c1-2-3-4-12-14(17(20)21)11(8-16(18)19)10-6-5-9(15)7-13(10)22-12/h5-7,11-12,14H,2-4,8H2,1H3/t11-,12+,14+/m1/s1. The van der Waals surface area contributed by atoms with Gasteiger partial charge in [-0.25, -0.2) is 0 Å². The van der Waals surface area contributed by atoms with Crippen LogP contribution in [0.25, 0.3) is 0 Å². The molecule has 0 radical (unpaired) electrons. The normalized spacial score (nSPS) is 23.5. The Labute approximate surface area is 136 Å². The van der Waals surface area contributed by atoms with E-state index in [0.29, 0.717) is 17.7 Å². The van der Waals surface area contributed by atoms with Crippen LogP contribution in [-0.2, 0) is 0 Å². The Morgan fingerprint density at radius 3 is 2.64 bits per heavy atom. The second-order valence-corrected chi connectivity index (χ2v) is 6.29. The summed E-state index contributed by atoms with van der Waals surface area (Å²) in [6, 6.07) is 4.02. The Balaban J connectivity index is 2.44. The third-order valence-electron chi connectivity index (χ3n) is 3.88. The number of nitro groups is 2. The summed E-state index contributed by atoms with van der Waals surface area (Å²) in [5.41, 5.74) is 0.536. The molecule has 1 aliphatic rings. The monoisotopic (exact) mass is 372 g/mol. The summed E-state index contributed by atoms with van der Waals surface area (Å²) in [6.45, 7) is 1.52. The molecule has 7 nitrogen and oxygen atoms in total. The summed E-state index contributed by atoms with van der Waals surface area (Å²) in [5, 5.41) is 22.5. The molecule has 0 bridgehead atoms. The minimum atomic E-state index is -1.09. The van der Waals surface area contributed by atoms with Crippen LogP contribution in [0.5, 0.6) is 5.75 Å². The lowest BCUT2D eigenvalue weighted by Gasteiger charge is -2.33. The van der Waals surface area contributed by atoms with Gasteiger partial charge in [0.2, 0.25) is 6.54 Å². The van der Waals surface area contributed by atoms with Gasteiger partial charge in [-0.05, 0) is 25.0 Å². The van der Waals surface area contributed by atoms with E-state index in [4.69, 9.17) is 4.74 Å². The molecule has 0 aromatic heterocycles. The number of hydrogen-bond acceptors (Lipinski definition) is 5. The summed E-state index contributed by atoms with van der Waals surface area (Å²) in [7, 11) is 0. The number of rotatable bonds is 6. The number of unbranched alkanes of at least 4 members (excludes halogenated alkanes) is 1. The number of benzene rings is 1. The van der Waals surface area contributed by atoms with Crippen molar-refractivity contribution in [2.75, 3.05) is 6.54 Å². The van der Waals surface area contributed by atoms with Gasteiger partial charge in [-0.15, -0.1) is 0 Å². The van der Waals surface area contributed by atoms with E-state index in [1.165, 1.54) is 0 Å². The van der Waals surface area contributed by atoms with Gasteiger partial charge in [-0.2, -0.15) is 0 Å². The van der Waals surface area contributed by atoms with Crippen LogP contribution in [-0.4, -0.2) is 28.5 Å². The van der Waals surface area contributed by atoms with Gasteiger partial charge >= 0.3 is 0 Å². The highest BCUT2D eigenvalue weighted by atomic mass is 79.9. The van der Waals surface area contributed by atoms with Crippen LogP contribution < -0.4 is 4.74 Å². The van der Waals surface area contributed by atoms with Crippen molar-refractivity contribution in [3.05, 3.63) is 48.5 Å². The minimum Gasteiger partial charge on any atom is -0.483 e. The van der Waals surface area contributed by atoms with Gasteiger partial charge in [-0.3, -0.25) is 20.2 Å². The SMILES string of the molecule is CCCC[C@@H]1Oc2cc(Br)ccc2[C@@H](C[N+](=O)[O-])[C@@H]1[N+](=O)[O-]. The summed E-state index contributed by atoms with van der Waals surface area (Å²) >= 11 is 3.33. The lowest BCUT2D eigenvalue weighted by Crippen LogP contribution is -2.47. The van der Waals surface area contributed by atoms with E-state index < -0.39 is 34.5 Å². The van der Waals surface area contributed by atoms with E-state index in [0.717, 1.165) is 17.3 Å². The van der Waals surface area contributed by atoms with E-state index in [9.17, 15) is 20.2 Å². The Morgan fingerprint density at radius 1 is 1.32 bits per heavy atom. The van der Waals surface area contributed by atoms with E-state index in [1.54, 1.807) is 18.2 Å². The molecule has 0 unspecified atom stereocenters. The molecule has 0 fully saturated rings. The highest BCUT2D eigenvalue weighted by molar-refractivity contribution is 9.10. The molecule has 120 valence electrons. The van der Waals surface area contributed by atoms with Gasteiger partial charge in [-0.1, -0.05) is 35.3 Å². The summed E-state index contributed by atoms with van der Waals surface area (Å²) in [4.78, 5) is 21.5. The lowest BCUT2D eigenvalue weighted by molar-refractivity contribution is -0.557. The fourth-order valence-corrected chi connectivity index (χ4v) is 3.22. The molecule has 0 spiro atoms. The Hall–Kier alpha value is -1.70. The zero-order valence-electron chi connectivity index (χ0n) is 12.1. The van der Waals surface area contributed by atoms with E-state index in [1.807, 2.05) is 6.92 Å². The smallest absolute Gasteiger partial charge is 0.262 e. The molecule has 3 atom stereocenters. The number of ether oxygens (including phenoxy) is 1. The maximum Gasteiger partial charge on any atom is 0.262 e. The summed E-state index contributed by atoms with van der Waals surface area (Å²) in [5.74, 6) is -0.274. The zero-order chi connectivity index (χ0) is 16.3. The average Bonchev–Trinajstić information content (AvgIpc) is 2.43. The zero-order valence-corrected chi connectivity index (χ0v) is 13.7. The van der Waals surface area contributed by atoms with Crippen LogP contribution in [0.15, 0.2) is 22.7 Å². The summed E-state index contributed by atoms with van der Waals surface area (Å²) < 4.78 is 6.58. The first-order chi connectivity index (χ1) is 10.4. The fourth-order valence-electron chi connectivity index (χ4n) is 2.88. The van der Waals surface area contributed by atoms with Crippen molar-refractivity contribution in [3.8, 4) is 5.75 Å². The van der Waals surface area contributed by atoms with E-state index in [-0.39, 0.29) is 0 Å². The number of hydrogen-bond donors (Lipinski definition) is 0. The molecule has 8 heteroatoms. The molecule has 0 amide bonds. The predicted octanol–water partition coefficient (Wildman–Crippen LogP) is 3.41. The Morgan fingerprint density at radius 2 is 2.05 bits per heavy atom. The van der Waals surface area contributed by atoms with Crippen molar-refractivity contribution in [2.45, 2.75) is 44.2 Å². The van der Waals surface area contributed by atoms with Crippen molar-refractivity contribution in [1.29, 1.82) is 0 Å². The quantitative estimate of drug-likeness (QED) is 0.563. The van der Waals surface area contributed by atoms with Crippen LogP contribution >= 0.6 is 15.9 Å². The van der Waals surface area contributed by atoms with Gasteiger partial charge < -0.3 is 4.74 Å². The van der Waals surface area contributed by atoms with Crippen LogP contribution in [0.4, 0.5) is 0 Å². The average molecular weight is 373 g/mol. The molecule has 1 aliphatic heterocycles. The first-order valence-electron chi connectivity index (χ1n) is 7.15. The van der Waals surface area contributed by atoms with Crippen LogP contribution in [0.2, 0.25) is 0 Å². The number of halogens is 1. The van der Waals surface area contributed by atoms with E-state index in [2.05, 4.69) is 15.9 Å². The van der Waals surface area contributed by atoms with Crippen molar-refractivity contribution < 1.29 is 14.6 Å². The molecule has 0 saturated heterocycles. The second-order valence-electron chi connectivity index (χ2n) is 5.38. The van der Waals surface area contributed by atoms with Crippen LogP contribution in [0, 0.1) is 20.2 Å². The largest absolute Gasteiger partial charge is 0.483 e. The van der Waals surface area contributed by atoms with Crippen LogP contribution in [0.3, 0.4) is 0 Å². The van der Waals surface area contributed by atoms with Crippen molar-refractivity contribution >= 4 is 15.9 Å². The van der Waals surface area contributed by atoms with Gasteiger partial charge in [0, 0.05) is 19.9 Å². The molecule has 2 rings (SSSR count). The second kappa shape index (κ2) is 7.04. The van der Waals surface area contributed by atoms with Gasteiger partial charge in [0.05, 0.1) is 0 Å². The molecule has 0 saturated carbocycles. The molecule has 1 aromatic carbocycles. The highest BCUT2D eigenvalue weighted by Crippen LogP contribution is 2.40. The molecular weight excluding hydrogens is 356 g/mol. The highest BCUT2D eigenvalue weighted by Gasteiger charge is 2.48. The maximum absolute atomic E-state index is 11.5. The summed E-state index contributed by atoms with van der Waals surface area (Å²) in [6.07, 6.45) is 1.54. The molecule has 0 aliphatic carbocycles. The van der Waals surface area contributed by atoms with Crippen molar-refractivity contribution in [3.63, 3.8) is 0 Å². The first kappa shape index (κ1) is 16.7. The van der Waals surface area contributed by atoms with Gasteiger partial charge in [0.1, 0.15) is 11.7 Å². The third kappa shape index (κ3) is 3.55. The Kier molecular flexibility index (Phi) is 5.33. The number of nitrogens with zero attached hydrogens (tertiary/aromatic N) is 2. The van der Waals surface area contributed by atoms with Crippen molar-refractivity contribution in [2.24, 2.45) is 0 Å².